The molecule has 0 radical (unpaired) electrons. The number of carboxylic acid groups (broad SMARTS) is 1. The summed E-state index contributed by atoms with van der Waals surface area (Å²) in [5, 5.41) is 9.73. The highest BCUT2D eigenvalue weighted by Crippen LogP contribution is 2.38. The van der Waals surface area contributed by atoms with E-state index in [0.29, 0.717) is 24.9 Å². The Bertz CT molecular complexity index is 943. The number of carbonyl (C=O) groups is 2. The third kappa shape index (κ3) is 5.33. The summed E-state index contributed by atoms with van der Waals surface area (Å²) < 4.78 is 6.23. The Morgan fingerprint density at radius 2 is 1.97 bits per heavy atom. The van der Waals surface area contributed by atoms with Crippen LogP contribution in [0.25, 0.3) is 0 Å². The Morgan fingerprint density at radius 1 is 1.23 bits per heavy atom. The van der Waals surface area contributed by atoms with E-state index in [4.69, 9.17) is 21.4 Å². The van der Waals surface area contributed by atoms with Crippen LogP contribution in [0.15, 0.2) is 42.5 Å². The Morgan fingerprint density at radius 3 is 2.63 bits per heavy atom. The smallest absolute Gasteiger partial charge is 0.305 e. The van der Waals surface area contributed by atoms with Gasteiger partial charge >= 0.3 is 5.97 Å². The topological polar surface area (TPSA) is 66.8 Å². The molecule has 3 rings (SSSR count). The molecule has 1 atom stereocenters. The number of rotatable bonds is 8. The van der Waals surface area contributed by atoms with Gasteiger partial charge in [0.1, 0.15) is 11.4 Å². The number of hydrogen-bond donors (Lipinski definition) is 1. The molecule has 0 saturated carbocycles. The molecule has 1 heterocycles. The van der Waals surface area contributed by atoms with Gasteiger partial charge in [-0.15, -0.1) is 0 Å². The fourth-order valence-corrected chi connectivity index (χ4v) is 4.13. The molecule has 1 aliphatic heterocycles. The minimum absolute atomic E-state index is 0.0670. The Hall–Kier alpha value is -2.53. The predicted molar refractivity (Wildman–Crippen MR) is 117 cm³/mol. The van der Waals surface area contributed by atoms with Gasteiger partial charge in [-0.3, -0.25) is 9.59 Å². The summed E-state index contributed by atoms with van der Waals surface area (Å²) in [6.07, 6.45) is 1.28. The van der Waals surface area contributed by atoms with Crippen LogP contribution in [-0.4, -0.2) is 40.6 Å². The zero-order chi connectivity index (χ0) is 21.9. The number of aliphatic carboxylic acids is 1. The van der Waals surface area contributed by atoms with Gasteiger partial charge in [-0.05, 0) is 48.2 Å². The molecule has 160 valence electrons. The number of carbonyl (C=O) groups excluding carboxylic acids is 1. The second-order valence-electron chi connectivity index (χ2n) is 8.61. The lowest BCUT2D eigenvalue weighted by Gasteiger charge is -2.24. The lowest BCUT2D eigenvalue weighted by Crippen LogP contribution is -2.36. The highest BCUT2D eigenvalue weighted by Gasteiger charge is 2.36. The monoisotopic (exact) mass is 429 g/mol. The maximum Gasteiger partial charge on any atom is 0.305 e. The maximum absolute atomic E-state index is 13.1. The van der Waals surface area contributed by atoms with Crippen LogP contribution in [0, 0.1) is 5.92 Å². The first-order chi connectivity index (χ1) is 14.2. The van der Waals surface area contributed by atoms with Gasteiger partial charge < -0.3 is 14.7 Å². The molecule has 6 heteroatoms. The first-order valence-corrected chi connectivity index (χ1v) is 10.6. The molecule has 1 aliphatic rings. The van der Waals surface area contributed by atoms with E-state index in [1.165, 1.54) is 0 Å². The van der Waals surface area contributed by atoms with Gasteiger partial charge in [-0.25, -0.2) is 0 Å². The first kappa shape index (κ1) is 22.2. The number of carboxylic acids is 1. The quantitative estimate of drug-likeness (QED) is 0.651. The molecule has 0 spiro atoms. The SMILES string of the molecule is CC(C)CN(CCC(=O)O)C(=O)c1ccc2c(c1)C[C@@](C)(Cc1ccccc1Cl)O2. The molecule has 0 aromatic heterocycles. The molecule has 0 unspecified atom stereocenters. The van der Waals surface area contributed by atoms with Crippen LogP contribution in [0.5, 0.6) is 5.75 Å². The summed E-state index contributed by atoms with van der Waals surface area (Å²) in [5.74, 6) is -0.0248. The van der Waals surface area contributed by atoms with Crippen LogP contribution in [0.2, 0.25) is 5.02 Å². The Kier molecular flexibility index (Phi) is 6.71. The van der Waals surface area contributed by atoms with Crippen molar-refractivity contribution in [3.63, 3.8) is 0 Å². The third-order valence-corrected chi connectivity index (χ3v) is 5.59. The van der Waals surface area contributed by atoms with Crippen LogP contribution in [0.1, 0.15) is 48.7 Å². The highest BCUT2D eigenvalue weighted by atomic mass is 35.5. The molecule has 5 nitrogen and oxygen atoms in total. The second-order valence-corrected chi connectivity index (χ2v) is 9.02. The van der Waals surface area contributed by atoms with Crippen LogP contribution < -0.4 is 4.74 Å². The first-order valence-electron chi connectivity index (χ1n) is 10.2. The predicted octanol–water partition coefficient (Wildman–Crippen LogP) is 4.85. The van der Waals surface area contributed by atoms with Gasteiger partial charge in [0.15, 0.2) is 0 Å². The number of ether oxygens (including phenoxy) is 1. The van der Waals surface area contributed by atoms with Gasteiger partial charge in [0, 0.05) is 36.5 Å². The number of nitrogens with zero attached hydrogens (tertiary/aromatic N) is 1. The number of benzene rings is 2. The Labute approximate surface area is 182 Å². The average Bonchev–Trinajstić information content (AvgIpc) is 3.01. The molecular weight excluding hydrogens is 402 g/mol. The zero-order valence-electron chi connectivity index (χ0n) is 17.7. The molecule has 0 fully saturated rings. The van der Waals surface area contributed by atoms with Crippen molar-refractivity contribution in [2.45, 2.75) is 45.6 Å². The van der Waals surface area contributed by atoms with Crippen molar-refractivity contribution in [1.29, 1.82) is 0 Å². The van der Waals surface area contributed by atoms with Crippen molar-refractivity contribution in [2.75, 3.05) is 13.1 Å². The van der Waals surface area contributed by atoms with Crippen molar-refractivity contribution in [2.24, 2.45) is 5.92 Å². The van der Waals surface area contributed by atoms with E-state index in [9.17, 15) is 9.59 Å². The van der Waals surface area contributed by atoms with Crippen molar-refractivity contribution in [1.82, 2.24) is 4.90 Å². The largest absolute Gasteiger partial charge is 0.487 e. The van der Waals surface area contributed by atoms with Crippen molar-refractivity contribution >= 4 is 23.5 Å². The summed E-state index contributed by atoms with van der Waals surface area (Å²) >= 11 is 6.32. The maximum atomic E-state index is 13.1. The highest BCUT2D eigenvalue weighted by molar-refractivity contribution is 6.31. The second kappa shape index (κ2) is 9.09. The summed E-state index contributed by atoms with van der Waals surface area (Å²) in [5.41, 5.74) is 2.14. The molecule has 30 heavy (non-hydrogen) atoms. The van der Waals surface area contributed by atoms with E-state index >= 15 is 0 Å². The molecule has 0 saturated heterocycles. The van der Waals surface area contributed by atoms with Crippen molar-refractivity contribution in [3.8, 4) is 5.75 Å². The van der Waals surface area contributed by atoms with Gasteiger partial charge in [-0.1, -0.05) is 43.6 Å². The van der Waals surface area contributed by atoms with Crippen LogP contribution in [0.4, 0.5) is 0 Å². The van der Waals surface area contributed by atoms with Crippen LogP contribution in [-0.2, 0) is 17.6 Å². The van der Waals surface area contributed by atoms with E-state index in [1.807, 2.05) is 50.2 Å². The number of hydrogen-bond acceptors (Lipinski definition) is 3. The van der Waals surface area contributed by atoms with E-state index in [2.05, 4.69) is 6.92 Å². The van der Waals surface area contributed by atoms with E-state index in [-0.39, 0.29) is 24.8 Å². The molecule has 1 N–H and O–H groups in total. The van der Waals surface area contributed by atoms with Gasteiger partial charge in [0.2, 0.25) is 0 Å². The van der Waals surface area contributed by atoms with Gasteiger partial charge in [0.05, 0.1) is 6.42 Å². The zero-order valence-corrected chi connectivity index (χ0v) is 18.4. The van der Waals surface area contributed by atoms with E-state index in [1.54, 1.807) is 11.0 Å². The molecule has 1 amide bonds. The number of amides is 1. The standard InChI is InChI=1S/C24H28ClNO4/c1-16(2)15-26(11-10-22(27)28)23(29)17-8-9-21-19(12-17)14-24(3,30-21)13-18-6-4-5-7-20(18)25/h4-9,12,16H,10-11,13-15H2,1-3H3,(H,27,28)/t24-/m1/s1. The summed E-state index contributed by atoms with van der Waals surface area (Å²) in [7, 11) is 0. The van der Waals surface area contributed by atoms with Gasteiger partial charge in [-0.2, -0.15) is 0 Å². The molecule has 2 aromatic carbocycles. The minimum atomic E-state index is -0.908. The van der Waals surface area contributed by atoms with Crippen LogP contribution >= 0.6 is 11.6 Å². The van der Waals surface area contributed by atoms with Crippen molar-refractivity contribution in [3.05, 3.63) is 64.2 Å². The lowest BCUT2D eigenvalue weighted by atomic mass is 9.91. The summed E-state index contributed by atoms with van der Waals surface area (Å²) in [4.78, 5) is 25.7. The fraction of sp³-hybridized carbons (Fsp3) is 0.417. The lowest BCUT2D eigenvalue weighted by molar-refractivity contribution is -0.137. The Balaban J connectivity index is 1.77. The summed E-state index contributed by atoms with van der Waals surface area (Å²) in [6, 6.07) is 13.2. The molecular formula is C24H28ClNO4. The molecule has 2 aromatic rings. The third-order valence-electron chi connectivity index (χ3n) is 5.22. The molecule has 0 aliphatic carbocycles. The number of fused-ring (bicyclic) bond motifs is 1. The van der Waals surface area contributed by atoms with Gasteiger partial charge in [0.25, 0.3) is 5.91 Å². The van der Waals surface area contributed by atoms with E-state index in [0.717, 1.165) is 21.9 Å². The normalized spacial score (nSPS) is 17.5. The van der Waals surface area contributed by atoms with Crippen LogP contribution in [0.3, 0.4) is 0 Å². The van der Waals surface area contributed by atoms with E-state index < -0.39 is 11.6 Å². The summed E-state index contributed by atoms with van der Waals surface area (Å²) in [6.45, 7) is 6.79. The average molecular weight is 430 g/mol. The van der Waals surface area contributed by atoms with Crippen molar-refractivity contribution < 1.29 is 19.4 Å². The molecule has 0 bridgehead atoms. The number of halogens is 1. The minimum Gasteiger partial charge on any atom is -0.487 e. The fourth-order valence-electron chi connectivity index (χ4n) is 3.93.